The Morgan fingerprint density at radius 2 is 0.871 bits per heavy atom. The average molecular weight is 425 g/mol. The fourth-order valence-electron chi connectivity index (χ4n) is 4.75. The molecule has 0 heterocycles. The molecule has 2 aromatic carbocycles. The van der Waals surface area contributed by atoms with Crippen LogP contribution in [-0.4, -0.2) is 10.2 Å². The fourth-order valence-corrected chi connectivity index (χ4v) is 4.75. The minimum Gasteiger partial charge on any atom is -0.507 e. The minimum atomic E-state index is 0.277. The van der Waals surface area contributed by atoms with Gasteiger partial charge in [-0.05, 0) is 71.4 Å². The van der Waals surface area contributed by atoms with Crippen molar-refractivity contribution < 1.29 is 10.2 Å². The van der Waals surface area contributed by atoms with Crippen molar-refractivity contribution in [3.05, 3.63) is 57.6 Å². The van der Waals surface area contributed by atoms with Crippen molar-refractivity contribution in [1.29, 1.82) is 0 Å². The number of hydrogen-bond acceptors (Lipinski definition) is 2. The van der Waals surface area contributed by atoms with Crippen LogP contribution in [0.3, 0.4) is 0 Å². The topological polar surface area (TPSA) is 40.5 Å². The monoisotopic (exact) mass is 424 g/mol. The quantitative estimate of drug-likeness (QED) is 0.361. The van der Waals surface area contributed by atoms with Gasteiger partial charge in [0.1, 0.15) is 11.5 Å². The lowest BCUT2D eigenvalue weighted by atomic mass is 9.80. The molecule has 0 radical (unpaired) electrons. The maximum atomic E-state index is 10.8. The molecule has 0 saturated heterocycles. The van der Waals surface area contributed by atoms with E-state index >= 15 is 0 Å². The van der Waals surface area contributed by atoms with E-state index in [2.05, 4.69) is 65.8 Å². The highest BCUT2D eigenvalue weighted by Crippen LogP contribution is 2.39. The van der Waals surface area contributed by atoms with Gasteiger partial charge in [-0.3, -0.25) is 0 Å². The van der Waals surface area contributed by atoms with Gasteiger partial charge in [0.25, 0.3) is 0 Å². The highest BCUT2D eigenvalue weighted by molar-refractivity contribution is 5.50. The smallest absolute Gasteiger partial charge is 0.121 e. The van der Waals surface area contributed by atoms with Crippen molar-refractivity contribution >= 4 is 0 Å². The molecule has 0 atom stereocenters. The van der Waals surface area contributed by atoms with Crippen molar-refractivity contribution in [1.82, 2.24) is 0 Å². The summed E-state index contributed by atoms with van der Waals surface area (Å²) < 4.78 is 0. The number of rotatable bonds is 12. The summed E-state index contributed by atoms with van der Waals surface area (Å²) in [7, 11) is 0. The molecule has 2 nitrogen and oxygen atoms in total. The van der Waals surface area contributed by atoms with Gasteiger partial charge in [0, 0.05) is 5.92 Å². The molecule has 0 amide bonds. The van der Waals surface area contributed by atoms with Crippen molar-refractivity contribution in [2.24, 2.45) is 5.92 Å². The number of phenols is 2. The molecule has 0 spiro atoms. The second-order valence-corrected chi connectivity index (χ2v) is 9.56. The van der Waals surface area contributed by atoms with Gasteiger partial charge < -0.3 is 10.2 Å². The molecule has 0 unspecified atom stereocenters. The molecule has 0 fully saturated rings. The van der Waals surface area contributed by atoms with Crippen molar-refractivity contribution in [2.75, 3.05) is 0 Å². The molecular weight excluding hydrogens is 380 g/mol. The van der Waals surface area contributed by atoms with Gasteiger partial charge in [-0.2, -0.15) is 0 Å². The SMILES string of the molecule is CCCc1cc(C(CC(C)C)c2cc(CCC)c(O)c(CCC)c2)cc(CCC)c1O. The summed E-state index contributed by atoms with van der Waals surface area (Å²) in [5, 5.41) is 21.7. The standard InChI is InChI=1S/C29H44O2/c1-7-11-21-16-25(17-22(12-8-2)28(21)30)27(15-20(5)6)26-18-23(13-9-3)29(31)24(19-26)14-10-4/h16-20,27,30-31H,7-15H2,1-6H3. The van der Waals surface area contributed by atoms with Crippen LogP contribution >= 0.6 is 0 Å². The molecule has 0 aliphatic rings. The van der Waals surface area contributed by atoms with Crippen LogP contribution in [0.15, 0.2) is 24.3 Å². The first-order valence-electron chi connectivity index (χ1n) is 12.5. The molecule has 0 aromatic heterocycles. The van der Waals surface area contributed by atoms with Gasteiger partial charge >= 0.3 is 0 Å². The number of phenolic OH excluding ortho intramolecular Hbond substituents is 2. The van der Waals surface area contributed by atoms with E-state index < -0.39 is 0 Å². The second-order valence-electron chi connectivity index (χ2n) is 9.56. The molecule has 0 bridgehead atoms. The maximum absolute atomic E-state index is 10.8. The van der Waals surface area contributed by atoms with Crippen LogP contribution in [0.25, 0.3) is 0 Å². The first-order chi connectivity index (χ1) is 14.9. The van der Waals surface area contributed by atoms with E-state index in [1.54, 1.807) is 0 Å². The number of aryl methyl sites for hydroxylation is 4. The van der Waals surface area contributed by atoms with Crippen LogP contribution in [0.5, 0.6) is 11.5 Å². The van der Waals surface area contributed by atoms with E-state index in [-0.39, 0.29) is 5.92 Å². The number of aromatic hydroxyl groups is 2. The Morgan fingerprint density at radius 3 is 1.10 bits per heavy atom. The van der Waals surface area contributed by atoms with Gasteiger partial charge in [-0.1, -0.05) is 91.5 Å². The molecule has 172 valence electrons. The molecule has 0 saturated carbocycles. The zero-order valence-electron chi connectivity index (χ0n) is 20.7. The Morgan fingerprint density at radius 1 is 0.581 bits per heavy atom. The van der Waals surface area contributed by atoms with Crippen molar-refractivity contribution in [2.45, 2.75) is 105 Å². The van der Waals surface area contributed by atoms with E-state index in [4.69, 9.17) is 0 Å². The molecule has 0 aliphatic heterocycles. The maximum Gasteiger partial charge on any atom is 0.121 e. The Kier molecular flexibility index (Phi) is 9.93. The molecule has 0 aliphatic carbocycles. The van der Waals surface area contributed by atoms with E-state index in [0.29, 0.717) is 17.4 Å². The van der Waals surface area contributed by atoms with Crippen LogP contribution in [0.1, 0.15) is 113 Å². The van der Waals surface area contributed by atoms with E-state index in [0.717, 1.165) is 80.0 Å². The highest BCUT2D eigenvalue weighted by Gasteiger charge is 2.22. The highest BCUT2D eigenvalue weighted by atomic mass is 16.3. The number of benzene rings is 2. The Balaban J connectivity index is 2.68. The van der Waals surface area contributed by atoms with Crippen LogP contribution in [0.2, 0.25) is 0 Å². The van der Waals surface area contributed by atoms with Gasteiger partial charge in [0.05, 0.1) is 0 Å². The normalized spacial score (nSPS) is 11.6. The van der Waals surface area contributed by atoms with Crippen molar-refractivity contribution in [3.63, 3.8) is 0 Å². The van der Waals surface area contributed by atoms with E-state index in [1.807, 2.05) is 0 Å². The minimum absolute atomic E-state index is 0.277. The Labute approximate surface area is 190 Å². The predicted molar refractivity (Wildman–Crippen MR) is 133 cm³/mol. The lowest BCUT2D eigenvalue weighted by Gasteiger charge is -2.25. The third kappa shape index (κ3) is 6.51. The average Bonchev–Trinajstić information content (AvgIpc) is 2.72. The van der Waals surface area contributed by atoms with Crippen molar-refractivity contribution in [3.8, 4) is 11.5 Å². The summed E-state index contributed by atoms with van der Waals surface area (Å²) in [4.78, 5) is 0. The summed E-state index contributed by atoms with van der Waals surface area (Å²) in [6, 6.07) is 8.99. The number of hydrogen-bond donors (Lipinski definition) is 2. The zero-order valence-corrected chi connectivity index (χ0v) is 20.7. The Hall–Kier alpha value is -1.96. The lowest BCUT2D eigenvalue weighted by molar-refractivity contribution is 0.457. The molecule has 31 heavy (non-hydrogen) atoms. The lowest BCUT2D eigenvalue weighted by Crippen LogP contribution is -2.09. The first-order valence-corrected chi connectivity index (χ1v) is 12.5. The van der Waals surface area contributed by atoms with Gasteiger partial charge in [0.2, 0.25) is 0 Å². The molecule has 2 aromatic rings. The predicted octanol–water partition coefficient (Wildman–Crippen LogP) is 8.09. The second kappa shape index (κ2) is 12.2. The van der Waals surface area contributed by atoms with Crippen LogP contribution in [0, 0.1) is 5.92 Å². The largest absolute Gasteiger partial charge is 0.507 e. The Bertz CT molecular complexity index is 715. The zero-order chi connectivity index (χ0) is 23.0. The van der Waals surface area contributed by atoms with E-state index in [9.17, 15) is 10.2 Å². The van der Waals surface area contributed by atoms with Gasteiger partial charge in [-0.25, -0.2) is 0 Å². The summed E-state index contributed by atoms with van der Waals surface area (Å²) in [6.45, 7) is 13.3. The summed E-state index contributed by atoms with van der Waals surface area (Å²) >= 11 is 0. The van der Waals surface area contributed by atoms with Gasteiger partial charge in [-0.15, -0.1) is 0 Å². The molecule has 2 heteroatoms. The summed E-state index contributed by atoms with van der Waals surface area (Å²) in [6.07, 6.45) is 8.78. The summed E-state index contributed by atoms with van der Waals surface area (Å²) in [5.74, 6) is 1.83. The molecule has 2 rings (SSSR count). The van der Waals surface area contributed by atoms with E-state index in [1.165, 1.54) is 11.1 Å². The third-order valence-electron chi connectivity index (χ3n) is 6.17. The van der Waals surface area contributed by atoms with Crippen LogP contribution in [-0.2, 0) is 25.7 Å². The fraction of sp³-hybridized carbons (Fsp3) is 0.586. The first kappa shape index (κ1) is 25.3. The molecular formula is C29H44O2. The molecule has 2 N–H and O–H groups in total. The van der Waals surface area contributed by atoms with Crippen LogP contribution < -0.4 is 0 Å². The van der Waals surface area contributed by atoms with Crippen LogP contribution in [0.4, 0.5) is 0 Å². The van der Waals surface area contributed by atoms with Gasteiger partial charge in [0.15, 0.2) is 0 Å². The summed E-state index contributed by atoms with van der Waals surface area (Å²) in [5.41, 5.74) is 6.96. The third-order valence-corrected chi connectivity index (χ3v) is 6.17.